The SMILES string of the molecule is Cc1ccc2c(c1)SC(C(=O)Nc1cc(S(=O)(=O)N(C)C)cc(C)c1C)C2. The minimum Gasteiger partial charge on any atom is -0.325 e. The lowest BCUT2D eigenvalue weighted by Gasteiger charge is -2.17. The van der Waals surface area contributed by atoms with Crippen molar-refractivity contribution in [1.82, 2.24) is 4.31 Å². The first kappa shape index (κ1) is 19.9. The first-order chi connectivity index (χ1) is 12.6. The third kappa shape index (κ3) is 3.90. The predicted octanol–water partition coefficient (Wildman–Crippen LogP) is 3.52. The monoisotopic (exact) mass is 404 g/mol. The lowest BCUT2D eigenvalue weighted by molar-refractivity contribution is -0.115. The highest BCUT2D eigenvalue weighted by Gasteiger charge is 2.29. The van der Waals surface area contributed by atoms with Crippen LogP contribution in [-0.4, -0.2) is 38.0 Å². The third-order valence-electron chi connectivity index (χ3n) is 4.87. The molecule has 0 fully saturated rings. The third-order valence-corrected chi connectivity index (χ3v) is 7.96. The first-order valence-electron chi connectivity index (χ1n) is 8.70. The van der Waals surface area contributed by atoms with Crippen LogP contribution < -0.4 is 5.32 Å². The summed E-state index contributed by atoms with van der Waals surface area (Å²) in [5.41, 5.74) is 4.61. The van der Waals surface area contributed by atoms with Gasteiger partial charge in [-0.1, -0.05) is 17.7 Å². The smallest absolute Gasteiger partial charge is 0.242 e. The number of nitrogens with zero attached hydrogens (tertiary/aromatic N) is 1. The molecule has 144 valence electrons. The van der Waals surface area contributed by atoms with Crippen molar-refractivity contribution in [2.24, 2.45) is 0 Å². The zero-order valence-electron chi connectivity index (χ0n) is 16.2. The van der Waals surface area contributed by atoms with E-state index in [4.69, 9.17) is 0 Å². The Hall–Kier alpha value is -1.83. The number of nitrogens with one attached hydrogen (secondary N) is 1. The molecule has 2 aromatic carbocycles. The van der Waals surface area contributed by atoms with Gasteiger partial charge in [0.05, 0.1) is 10.1 Å². The van der Waals surface area contributed by atoms with E-state index in [0.29, 0.717) is 12.1 Å². The Balaban J connectivity index is 1.86. The average molecular weight is 405 g/mol. The number of carbonyl (C=O) groups excluding carboxylic acids is 1. The number of aryl methyl sites for hydroxylation is 2. The van der Waals surface area contributed by atoms with E-state index in [9.17, 15) is 13.2 Å². The van der Waals surface area contributed by atoms with Crippen molar-refractivity contribution >= 4 is 33.4 Å². The van der Waals surface area contributed by atoms with E-state index in [-0.39, 0.29) is 16.1 Å². The number of benzene rings is 2. The number of carbonyl (C=O) groups is 1. The van der Waals surface area contributed by atoms with E-state index in [1.807, 2.05) is 20.8 Å². The van der Waals surface area contributed by atoms with Crippen LogP contribution in [-0.2, 0) is 21.2 Å². The van der Waals surface area contributed by atoms with Gasteiger partial charge in [0.2, 0.25) is 15.9 Å². The Bertz CT molecular complexity index is 1010. The summed E-state index contributed by atoms with van der Waals surface area (Å²) in [7, 11) is -0.571. The van der Waals surface area contributed by atoms with Crippen LogP contribution in [0.2, 0.25) is 0 Å². The Morgan fingerprint density at radius 1 is 1.15 bits per heavy atom. The lowest BCUT2D eigenvalue weighted by Crippen LogP contribution is -2.26. The van der Waals surface area contributed by atoms with Gasteiger partial charge in [0.15, 0.2) is 0 Å². The molecule has 2 aromatic rings. The van der Waals surface area contributed by atoms with Crippen molar-refractivity contribution in [2.45, 2.75) is 42.2 Å². The van der Waals surface area contributed by atoms with Crippen LogP contribution in [0.5, 0.6) is 0 Å². The summed E-state index contributed by atoms with van der Waals surface area (Å²) in [5.74, 6) is -0.101. The second-order valence-corrected chi connectivity index (χ2v) is 10.5. The molecule has 1 heterocycles. The fourth-order valence-corrected chi connectivity index (χ4v) is 5.32. The van der Waals surface area contributed by atoms with Crippen LogP contribution in [0.25, 0.3) is 0 Å². The molecule has 0 aliphatic carbocycles. The van der Waals surface area contributed by atoms with Gasteiger partial charge in [0.25, 0.3) is 0 Å². The Labute approximate surface area is 165 Å². The maximum Gasteiger partial charge on any atom is 0.242 e. The van der Waals surface area contributed by atoms with Crippen LogP contribution >= 0.6 is 11.8 Å². The molecule has 27 heavy (non-hydrogen) atoms. The molecular formula is C20H24N2O3S2. The van der Waals surface area contributed by atoms with Gasteiger partial charge in [-0.25, -0.2) is 12.7 Å². The highest BCUT2D eigenvalue weighted by atomic mass is 32.2. The normalized spacial score (nSPS) is 16.4. The Kier molecular flexibility index (Phi) is 5.38. The number of rotatable bonds is 4. The maximum absolute atomic E-state index is 12.8. The van der Waals surface area contributed by atoms with Crippen molar-refractivity contribution in [3.05, 3.63) is 52.6 Å². The van der Waals surface area contributed by atoms with Crippen LogP contribution in [0.1, 0.15) is 22.3 Å². The number of hydrogen-bond acceptors (Lipinski definition) is 4. The molecule has 1 atom stereocenters. The van der Waals surface area contributed by atoms with E-state index in [2.05, 4.69) is 23.5 Å². The largest absolute Gasteiger partial charge is 0.325 e. The van der Waals surface area contributed by atoms with Gasteiger partial charge in [0, 0.05) is 24.7 Å². The molecule has 0 spiro atoms. The number of sulfonamides is 1. The summed E-state index contributed by atoms with van der Waals surface area (Å²) in [6, 6.07) is 9.43. The molecule has 1 aliphatic heterocycles. The van der Waals surface area contributed by atoms with E-state index < -0.39 is 10.0 Å². The molecule has 1 N–H and O–H groups in total. The summed E-state index contributed by atoms with van der Waals surface area (Å²) in [5, 5.41) is 2.74. The fourth-order valence-electron chi connectivity index (χ4n) is 3.01. The average Bonchev–Trinajstić information content (AvgIpc) is 3.01. The van der Waals surface area contributed by atoms with Crippen LogP contribution in [0, 0.1) is 20.8 Å². The highest BCUT2D eigenvalue weighted by molar-refractivity contribution is 8.01. The number of thioether (sulfide) groups is 1. The summed E-state index contributed by atoms with van der Waals surface area (Å²) >= 11 is 1.56. The minimum absolute atomic E-state index is 0.101. The van der Waals surface area contributed by atoms with Crippen molar-refractivity contribution in [3.8, 4) is 0 Å². The van der Waals surface area contributed by atoms with E-state index >= 15 is 0 Å². The predicted molar refractivity (Wildman–Crippen MR) is 110 cm³/mol. The number of anilines is 1. The molecule has 5 nitrogen and oxygen atoms in total. The van der Waals surface area contributed by atoms with Gasteiger partial charge in [-0.15, -0.1) is 11.8 Å². The first-order valence-corrected chi connectivity index (χ1v) is 11.0. The Morgan fingerprint density at radius 3 is 2.52 bits per heavy atom. The molecular weight excluding hydrogens is 380 g/mol. The zero-order chi connectivity index (χ0) is 19.9. The van der Waals surface area contributed by atoms with Gasteiger partial charge in [-0.2, -0.15) is 0 Å². The quantitative estimate of drug-likeness (QED) is 0.847. The van der Waals surface area contributed by atoms with Gasteiger partial charge < -0.3 is 5.32 Å². The van der Waals surface area contributed by atoms with Crippen LogP contribution in [0.3, 0.4) is 0 Å². The summed E-state index contributed by atoms with van der Waals surface area (Å²) in [4.78, 5) is 14.2. The fraction of sp³-hybridized carbons (Fsp3) is 0.350. The summed E-state index contributed by atoms with van der Waals surface area (Å²) in [6.45, 7) is 5.77. The minimum atomic E-state index is -3.57. The van der Waals surface area contributed by atoms with Crippen LogP contribution in [0.15, 0.2) is 40.1 Å². The maximum atomic E-state index is 12.8. The standard InChI is InChI=1S/C20H24N2O3S2/c1-12-6-7-15-10-19(26-18(15)8-12)20(23)21-17-11-16(9-13(2)14(17)3)27(24,25)22(4)5/h6-9,11,19H,10H2,1-5H3,(H,21,23). The van der Waals surface area contributed by atoms with Crippen molar-refractivity contribution in [1.29, 1.82) is 0 Å². The molecule has 7 heteroatoms. The van der Waals surface area contributed by atoms with Gasteiger partial charge in [0.1, 0.15) is 0 Å². The number of hydrogen-bond donors (Lipinski definition) is 1. The number of fused-ring (bicyclic) bond motifs is 1. The zero-order valence-corrected chi connectivity index (χ0v) is 17.8. The Morgan fingerprint density at radius 2 is 1.85 bits per heavy atom. The second-order valence-electron chi connectivity index (χ2n) is 7.11. The van der Waals surface area contributed by atoms with Crippen molar-refractivity contribution < 1.29 is 13.2 Å². The van der Waals surface area contributed by atoms with E-state index in [0.717, 1.165) is 16.0 Å². The molecule has 1 unspecified atom stereocenters. The topological polar surface area (TPSA) is 66.5 Å². The van der Waals surface area contributed by atoms with Crippen molar-refractivity contribution in [3.63, 3.8) is 0 Å². The van der Waals surface area contributed by atoms with Gasteiger partial charge in [-0.3, -0.25) is 4.79 Å². The highest BCUT2D eigenvalue weighted by Crippen LogP contribution is 2.38. The summed E-state index contributed by atoms with van der Waals surface area (Å²) in [6.07, 6.45) is 0.680. The van der Waals surface area contributed by atoms with Gasteiger partial charge >= 0.3 is 0 Å². The van der Waals surface area contributed by atoms with E-state index in [1.54, 1.807) is 23.9 Å². The van der Waals surface area contributed by atoms with Gasteiger partial charge in [-0.05, 0) is 62.1 Å². The summed E-state index contributed by atoms with van der Waals surface area (Å²) < 4.78 is 26.1. The molecule has 0 saturated carbocycles. The molecule has 0 aromatic heterocycles. The molecule has 1 aliphatic rings. The molecule has 3 rings (SSSR count). The molecule has 0 saturated heterocycles. The van der Waals surface area contributed by atoms with Crippen molar-refractivity contribution in [2.75, 3.05) is 19.4 Å². The van der Waals surface area contributed by atoms with E-state index in [1.165, 1.54) is 29.5 Å². The number of amides is 1. The second kappa shape index (κ2) is 7.30. The molecule has 0 radical (unpaired) electrons. The molecule has 0 bridgehead atoms. The van der Waals surface area contributed by atoms with Crippen LogP contribution in [0.4, 0.5) is 5.69 Å². The molecule has 1 amide bonds. The lowest BCUT2D eigenvalue weighted by atomic mass is 10.1.